The molecule has 0 saturated heterocycles. The third-order valence-corrected chi connectivity index (χ3v) is 10.1. The summed E-state index contributed by atoms with van der Waals surface area (Å²) in [5, 5.41) is 11.9. The van der Waals surface area contributed by atoms with Gasteiger partial charge in [0.25, 0.3) is 0 Å². The summed E-state index contributed by atoms with van der Waals surface area (Å²) in [5.41, 5.74) is 5.49. The second kappa shape index (κ2) is 43.2. The number of hydrogen-bond donors (Lipinski definition) is 3. The number of carbonyl (C=O) groups is 3. The van der Waals surface area contributed by atoms with Crippen molar-refractivity contribution < 1.29 is 24.2 Å². The van der Waals surface area contributed by atoms with Crippen molar-refractivity contribution in [3.63, 3.8) is 0 Å². The maximum Gasteiger partial charge on any atom is 0.326 e. The fourth-order valence-electron chi connectivity index (χ4n) is 6.55. The molecule has 0 bridgehead atoms. The van der Waals surface area contributed by atoms with Crippen LogP contribution in [0.4, 0.5) is 0 Å². The minimum Gasteiger partial charge on any atom is -0.480 e. The van der Waals surface area contributed by atoms with Gasteiger partial charge in [-0.3, -0.25) is 9.59 Å². The number of rotatable bonds is 41. The zero-order valence-electron chi connectivity index (χ0n) is 36.2. The van der Waals surface area contributed by atoms with Crippen LogP contribution in [0.15, 0.2) is 60.8 Å². The highest BCUT2D eigenvalue weighted by Gasteiger charge is 2.19. The third-order valence-electron chi connectivity index (χ3n) is 10.1. The van der Waals surface area contributed by atoms with Crippen LogP contribution in [0.1, 0.15) is 213 Å². The molecule has 2 atom stereocenters. The molecule has 0 radical (unpaired) electrons. The van der Waals surface area contributed by atoms with Crippen molar-refractivity contribution in [2.24, 2.45) is 5.73 Å². The summed E-state index contributed by atoms with van der Waals surface area (Å²) in [6.45, 7) is 4.88. The van der Waals surface area contributed by atoms with E-state index in [2.05, 4.69) is 79.9 Å². The average Bonchev–Trinajstić information content (AvgIpc) is 3.18. The topological polar surface area (TPSA) is 119 Å². The van der Waals surface area contributed by atoms with Gasteiger partial charge in [0.15, 0.2) is 0 Å². The number of esters is 1. The van der Waals surface area contributed by atoms with Crippen LogP contribution in [0.5, 0.6) is 0 Å². The molecule has 0 aliphatic heterocycles. The standard InChI is InChI=1S/C49H86N2O5/c1-3-5-7-9-11-13-15-16-17-18-19-20-21-22-24-26-28-33-37-43-48(53)56-45(39-34-30-27-25-23-14-12-10-8-6-4-2)40-35-31-29-32-36-42-47(52)51-46(49(54)55)41-38-44-50/h11-14,16-17,19-20,25,27,45-46H,3-10,15,18,21-24,26,28-44,50H2,1-2H3,(H,51,52)(H,54,55)/b13-11-,14-12-,17-16-,20-19-,27-25-. The van der Waals surface area contributed by atoms with Gasteiger partial charge in [-0.1, -0.05) is 145 Å². The van der Waals surface area contributed by atoms with Gasteiger partial charge in [0, 0.05) is 12.8 Å². The molecule has 322 valence electrons. The quantitative estimate of drug-likeness (QED) is 0.0323. The lowest BCUT2D eigenvalue weighted by Gasteiger charge is -2.18. The Bertz CT molecular complexity index is 1060. The minimum absolute atomic E-state index is 0.0395. The molecule has 7 nitrogen and oxygen atoms in total. The molecule has 0 spiro atoms. The first-order chi connectivity index (χ1) is 27.4. The highest BCUT2D eigenvalue weighted by atomic mass is 16.5. The van der Waals surface area contributed by atoms with Crippen LogP contribution in [0.3, 0.4) is 0 Å². The van der Waals surface area contributed by atoms with Crippen molar-refractivity contribution in [2.45, 2.75) is 225 Å². The van der Waals surface area contributed by atoms with Gasteiger partial charge in [-0.2, -0.15) is 0 Å². The Balaban J connectivity index is 4.34. The number of amides is 1. The summed E-state index contributed by atoms with van der Waals surface area (Å²) in [7, 11) is 0. The number of carboxylic acids is 1. The predicted octanol–water partition coefficient (Wildman–Crippen LogP) is 13.3. The van der Waals surface area contributed by atoms with Crippen molar-refractivity contribution in [3.8, 4) is 0 Å². The zero-order valence-corrected chi connectivity index (χ0v) is 36.2. The number of nitrogens with two attached hydrogens (primary N) is 1. The number of nitrogens with one attached hydrogen (secondary N) is 1. The molecule has 56 heavy (non-hydrogen) atoms. The molecule has 2 unspecified atom stereocenters. The fraction of sp³-hybridized carbons (Fsp3) is 0.735. The van der Waals surface area contributed by atoms with Gasteiger partial charge < -0.3 is 20.9 Å². The molecular formula is C49H86N2O5. The summed E-state index contributed by atoms with van der Waals surface area (Å²) in [4.78, 5) is 36.4. The minimum atomic E-state index is -1.01. The lowest BCUT2D eigenvalue weighted by atomic mass is 10.0. The fourth-order valence-corrected chi connectivity index (χ4v) is 6.55. The van der Waals surface area contributed by atoms with E-state index in [9.17, 15) is 19.5 Å². The lowest BCUT2D eigenvalue weighted by molar-refractivity contribution is -0.150. The second-order valence-corrected chi connectivity index (χ2v) is 15.5. The summed E-state index contributed by atoms with van der Waals surface area (Å²) < 4.78 is 6.02. The average molecular weight is 783 g/mol. The number of unbranched alkanes of at least 4 members (excludes halogenated alkanes) is 17. The van der Waals surface area contributed by atoms with Crippen LogP contribution in [-0.2, 0) is 19.1 Å². The maximum atomic E-state index is 12.8. The van der Waals surface area contributed by atoms with Gasteiger partial charge in [-0.05, 0) is 122 Å². The number of aliphatic carboxylic acids is 1. The molecule has 0 saturated carbocycles. The third kappa shape index (κ3) is 39.3. The molecule has 7 heteroatoms. The molecule has 0 aromatic rings. The Labute approximate surface area is 344 Å². The van der Waals surface area contributed by atoms with Crippen LogP contribution in [-0.4, -0.2) is 41.6 Å². The molecule has 1 amide bonds. The van der Waals surface area contributed by atoms with Gasteiger partial charge in [-0.15, -0.1) is 0 Å². The largest absolute Gasteiger partial charge is 0.480 e. The van der Waals surface area contributed by atoms with Crippen LogP contribution in [0.25, 0.3) is 0 Å². The molecule has 0 aromatic heterocycles. The molecule has 0 rings (SSSR count). The van der Waals surface area contributed by atoms with Gasteiger partial charge >= 0.3 is 11.9 Å². The number of allylic oxidation sites excluding steroid dienone is 10. The number of carbonyl (C=O) groups excluding carboxylic acids is 2. The first kappa shape index (κ1) is 53.1. The summed E-state index contributed by atoms with van der Waals surface area (Å²) >= 11 is 0. The molecule has 4 N–H and O–H groups in total. The lowest BCUT2D eigenvalue weighted by Crippen LogP contribution is -2.40. The van der Waals surface area contributed by atoms with Crippen molar-refractivity contribution in [1.82, 2.24) is 5.32 Å². The van der Waals surface area contributed by atoms with E-state index in [1.54, 1.807) is 0 Å². The normalized spacial score (nSPS) is 13.2. The van der Waals surface area contributed by atoms with Crippen LogP contribution >= 0.6 is 0 Å². The highest BCUT2D eigenvalue weighted by Crippen LogP contribution is 2.18. The van der Waals surface area contributed by atoms with Gasteiger partial charge in [0.05, 0.1) is 0 Å². The highest BCUT2D eigenvalue weighted by molar-refractivity contribution is 5.83. The molecule has 0 fully saturated rings. The van der Waals surface area contributed by atoms with Gasteiger partial charge in [0.2, 0.25) is 5.91 Å². The summed E-state index contributed by atoms with van der Waals surface area (Å²) in [5.74, 6) is -1.28. The Kier molecular flexibility index (Phi) is 40.9. The van der Waals surface area contributed by atoms with E-state index in [1.807, 2.05) is 0 Å². The molecule has 0 heterocycles. The van der Waals surface area contributed by atoms with E-state index in [4.69, 9.17) is 10.5 Å². The number of ether oxygens (including phenoxy) is 1. The first-order valence-electron chi connectivity index (χ1n) is 23.1. The number of carboxylic acid groups (broad SMARTS) is 1. The zero-order chi connectivity index (χ0) is 41.0. The van der Waals surface area contributed by atoms with E-state index >= 15 is 0 Å². The van der Waals surface area contributed by atoms with Crippen molar-refractivity contribution >= 4 is 17.8 Å². The van der Waals surface area contributed by atoms with E-state index in [0.29, 0.717) is 32.2 Å². The van der Waals surface area contributed by atoms with Crippen molar-refractivity contribution in [3.05, 3.63) is 60.8 Å². The van der Waals surface area contributed by atoms with E-state index in [-0.39, 0.29) is 18.0 Å². The van der Waals surface area contributed by atoms with Crippen LogP contribution in [0, 0.1) is 0 Å². The second-order valence-electron chi connectivity index (χ2n) is 15.5. The molecule has 0 aromatic carbocycles. The van der Waals surface area contributed by atoms with E-state index in [1.165, 1.54) is 77.0 Å². The Morgan fingerprint density at radius 1 is 0.518 bits per heavy atom. The van der Waals surface area contributed by atoms with E-state index in [0.717, 1.165) is 96.3 Å². The Morgan fingerprint density at radius 3 is 1.46 bits per heavy atom. The van der Waals surface area contributed by atoms with Gasteiger partial charge in [-0.25, -0.2) is 4.79 Å². The maximum absolute atomic E-state index is 12.8. The van der Waals surface area contributed by atoms with Crippen molar-refractivity contribution in [1.29, 1.82) is 0 Å². The number of hydrogen-bond acceptors (Lipinski definition) is 5. The Morgan fingerprint density at radius 2 is 0.946 bits per heavy atom. The predicted molar refractivity (Wildman–Crippen MR) is 239 cm³/mol. The monoisotopic (exact) mass is 783 g/mol. The molecular weight excluding hydrogens is 697 g/mol. The summed E-state index contributed by atoms with van der Waals surface area (Å²) in [6, 6.07) is -0.864. The molecule has 0 aliphatic rings. The summed E-state index contributed by atoms with van der Waals surface area (Å²) in [6.07, 6.45) is 54.1. The Hall–Kier alpha value is -2.93. The van der Waals surface area contributed by atoms with Gasteiger partial charge in [0.1, 0.15) is 12.1 Å². The first-order valence-corrected chi connectivity index (χ1v) is 23.1. The van der Waals surface area contributed by atoms with E-state index < -0.39 is 12.0 Å². The van der Waals surface area contributed by atoms with Crippen molar-refractivity contribution in [2.75, 3.05) is 6.54 Å². The van der Waals surface area contributed by atoms with Crippen LogP contribution in [0.2, 0.25) is 0 Å². The SMILES string of the molecule is CCCCC/C=C\C/C=C\C/C=C\CCCCCCCCC(=O)OC(CCC/C=C\C/C=C\CCCCC)CCCCCCCC(=O)NC(CCCN)C(=O)O. The smallest absolute Gasteiger partial charge is 0.326 e. The van der Waals surface area contributed by atoms with Crippen LogP contribution < -0.4 is 11.1 Å². The molecule has 0 aliphatic carbocycles.